The number of aryl methyl sites for hydroxylation is 1. The van der Waals surface area contributed by atoms with Gasteiger partial charge in [0.1, 0.15) is 11.9 Å². The van der Waals surface area contributed by atoms with Crippen LogP contribution in [0.3, 0.4) is 0 Å². The fourth-order valence-electron chi connectivity index (χ4n) is 4.11. The molecule has 0 radical (unpaired) electrons. The minimum atomic E-state index is -4.72. The van der Waals surface area contributed by atoms with Gasteiger partial charge in [-0.3, -0.25) is 4.79 Å². The van der Waals surface area contributed by atoms with Crippen LogP contribution in [0.25, 0.3) is 0 Å². The number of ether oxygens (including phenoxy) is 3. The summed E-state index contributed by atoms with van der Waals surface area (Å²) in [6.07, 6.45) is -5.50. The second kappa shape index (κ2) is 9.81. The van der Waals surface area contributed by atoms with Crippen molar-refractivity contribution in [2.24, 2.45) is 7.05 Å². The average molecular weight is 488 g/mol. The smallest absolute Gasteiger partial charge is 0.435 e. The number of nitrogens with zero attached hydrogens (tertiary/aromatic N) is 2. The van der Waals surface area contributed by atoms with Gasteiger partial charge in [-0.25, -0.2) is 9.48 Å². The van der Waals surface area contributed by atoms with E-state index in [0.717, 1.165) is 4.68 Å². The van der Waals surface area contributed by atoms with Gasteiger partial charge in [0.25, 0.3) is 0 Å². The number of aromatic nitrogens is 2. The van der Waals surface area contributed by atoms with E-state index in [1.54, 1.807) is 54.6 Å². The lowest BCUT2D eigenvalue weighted by Gasteiger charge is -2.30. The number of carbonyl (C=O) groups excluding carboxylic acids is 2. The average Bonchev–Trinajstić information content (AvgIpc) is 3.20. The first-order chi connectivity index (χ1) is 16.7. The van der Waals surface area contributed by atoms with Crippen molar-refractivity contribution < 1.29 is 37.0 Å². The molecule has 0 fully saturated rings. The maximum atomic E-state index is 13.7. The van der Waals surface area contributed by atoms with Gasteiger partial charge in [0.2, 0.25) is 5.88 Å². The fraction of sp³-hybridized carbons (Fsp3) is 0.320. The molecule has 0 spiro atoms. The lowest BCUT2D eigenvalue weighted by molar-refractivity contribution is -0.142. The molecule has 0 unspecified atom stereocenters. The van der Waals surface area contributed by atoms with Crippen molar-refractivity contribution in [2.75, 3.05) is 13.7 Å². The van der Waals surface area contributed by atoms with E-state index in [9.17, 15) is 22.8 Å². The van der Waals surface area contributed by atoms with Gasteiger partial charge in [0, 0.05) is 24.9 Å². The van der Waals surface area contributed by atoms with E-state index in [0.29, 0.717) is 11.3 Å². The number of rotatable bonds is 7. The third-order valence-corrected chi connectivity index (χ3v) is 5.76. The van der Waals surface area contributed by atoms with Crippen molar-refractivity contribution in [1.82, 2.24) is 9.78 Å². The SMILES string of the molecule is COc1cccc(C(=O)C[C@@H]2C[C@@H](COC(=O)c3ccccc3)c3c(C(F)(F)F)nn(C)c3O2)c1. The number of Topliss-reactive ketones (excluding diaryl/α,β-unsaturated/α-hetero) is 1. The summed E-state index contributed by atoms with van der Waals surface area (Å²) in [5.74, 6) is -1.35. The number of halogens is 3. The predicted molar refractivity (Wildman–Crippen MR) is 119 cm³/mol. The Bertz CT molecular complexity index is 1220. The second-order valence-electron chi connectivity index (χ2n) is 8.19. The Morgan fingerprint density at radius 2 is 1.83 bits per heavy atom. The number of esters is 1. The quantitative estimate of drug-likeness (QED) is 0.351. The summed E-state index contributed by atoms with van der Waals surface area (Å²) in [7, 11) is 2.82. The van der Waals surface area contributed by atoms with Crippen molar-refractivity contribution in [2.45, 2.75) is 31.0 Å². The predicted octanol–water partition coefficient (Wildman–Crippen LogP) is 4.81. The van der Waals surface area contributed by atoms with Gasteiger partial charge in [0.15, 0.2) is 11.5 Å². The van der Waals surface area contributed by atoms with Crippen LogP contribution < -0.4 is 9.47 Å². The molecule has 7 nitrogen and oxygen atoms in total. The maximum Gasteiger partial charge on any atom is 0.435 e. The normalized spacial score (nSPS) is 17.3. The number of hydrogen-bond donors (Lipinski definition) is 0. The van der Waals surface area contributed by atoms with Crippen LogP contribution in [0.5, 0.6) is 11.6 Å². The molecule has 4 rings (SSSR count). The van der Waals surface area contributed by atoms with Crippen LogP contribution in [-0.2, 0) is 18.0 Å². The molecule has 2 heterocycles. The van der Waals surface area contributed by atoms with Crippen molar-refractivity contribution in [1.29, 1.82) is 0 Å². The van der Waals surface area contributed by atoms with Gasteiger partial charge < -0.3 is 14.2 Å². The van der Waals surface area contributed by atoms with Crippen LogP contribution in [0.15, 0.2) is 54.6 Å². The van der Waals surface area contributed by atoms with E-state index in [2.05, 4.69) is 5.10 Å². The van der Waals surface area contributed by atoms with Gasteiger partial charge in [0.05, 0.1) is 24.8 Å². The minimum Gasteiger partial charge on any atom is -0.497 e. The number of ketones is 1. The minimum absolute atomic E-state index is 0.0412. The third kappa shape index (κ3) is 5.31. The van der Waals surface area contributed by atoms with Crippen LogP contribution in [0.2, 0.25) is 0 Å². The van der Waals surface area contributed by atoms with Crippen LogP contribution in [0.4, 0.5) is 13.2 Å². The highest BCUT2D eigenvalue weighted by Gasteiger charge is 2.45. The zero-order valence-corrected chi connectivity index (χ0v) is 19.0. The first-order valence-corrected chi connectivity index (χ1v) is 10.9. The number of alkyl halides is 3. The van der Waals surface area contributed by atoms with Crippen molar-refractivity contribution >= 4 is 11.8 Å². The topological polar surface area (TPSA) is 79.7 Å². The first-order valence-electron chi connectivity index (χ1n) is 10.9. The lowest BCUT2D eigenvalue weighted by Crippen LogP contribution is -2.31. The van der Waals surface area contributed by atoms with Gasteiger partial charge in [-0.05, 0) is 30.7 Å². The molecule has 1 aliphatic heterocycles. The van der Waals surface area contributed by atoms with E-state index in [-0.39, 0.29) is 42.2 Å². The highest BCUT2D eigenvalue weighted by Crippen LogP contribution is 2.45. The molecule has 1 aromatic heterocycles. The van der Waals surface area contributed by atoms with Crippen LogP contribution in [-0.4, -0.2) is 41.4 Å². The molecule has 10 heteroatoms. The molecule has 184 valence electrons. The summed E-state index contributed by atoms with van der Waals surface area (Å²) in [4.78, 5) is 25.3. The Balaban J connectivity index is 1.59. The fourth-order valence-corrected chi connectivity index (χ4v) is 4.11. The Kier molecular flexibility index (Phi) is 6.81. The number of methoxy groups -OCH3 is 1. The molecule has 0 aliphatic carbocycles. The lowest BCUT2D eigenvalue weighted by atomic mass is 9.88. The van der Waals surface area contributed by atoms with E-state index in [1.165, 1.54) is 14.2 Å². The molecule has 3 aromatic rings. The van der Waals surface area contributed by atoms with Crippen molar-refractivity contribution in [3.63, 3.8) is 0 Å². The molecular weight excluding hydrogens is 465 g/mol. The van der Waals surface area contributed by atoms with E-state index >= 15 is 0 Å². The summed E-state index contributed by atoms with van der Waals surface area (Å²) in [5, 5.41) is 3.62. The summed E-state index contributed by atoms with van der Waals surface area (Å²) in [6, 6.07) is 14.7. The zero-order valence-electron chi connectivity index (χ0n) is 19.0. The van der Waals surface area contributed by atoms with Crippen molar-refractivity contribution in [3.8, 4) is 11.6 Å². The second-order valence-corrected chi connectivity index (χ2v) is 8.19. The monoisotopic (exact) mass is 488 g/mol. The first kappa shape index (κ1) is 24.3. The van der Waals surface area contributed by atoms with Gasteiger partial charge in [-0.15, -0.1) is 0 Å². The van der Waals surface area contributed by atoms with Crippen LogP contribution in [0.1, 0.15) is 50.7 Å². The number of hydrogen-bond acceptors (Lipinski definition) is 6. The molecule has 1 aliphatic rings. The molecule has 2 aromatic carbocycles. The Labute approximate surface area is 199 Å². The highest BCUT2D eigenvalue weighted by atomic mass is 19.4. The Hall–Kier alpha value is -3.82. The maximum absolute atomic E-state index is 13.7. The van der Waals surface area contributed by atoms with Crippen LogP contribution in [0, 0.1) is 0 Å². The largest absolute Gasteiger partial charge is 0.497 e. The summed E-state index contributed by atoms with van der Waals surface area (Å²) >= 11 is 0. The number of benzene rings is 2. The van der Waals surface area contributed by atoms with E-state index < -0.39 is 29.9 Å². The molecule has 2 atom stereocenters. The Morgan fingerprint density at radius 3 is 2.51 bits per heavy atom. The zero-order chi connectivity index (χ0) is 25.2. The molecule has 0 amide bonds. The molecule has 0 saturated carbocycles. The highest BCUT2D eigenvalue weighted by molar-refractivity contribution is 5.96. The van der Waals surface area contributed by atoms with Crippen LogP contribution >= 0.6 is 0 Å². The summed E-state index contributed by atoms with van der Waals surface area (Å²) < 4.78 is 58.5. The summed E-state index contributed by atoms with van der Waals surface area (Å²) in [6.45, 7) is -0.317. The molecule has 35 heavy (non-hydrogen) atoms. The van der Waals surface area contributed by atoms with Gasteiger partial charge in [-0.1, -0.05) is 30.3 Å². The third-order valence-electron chi connectivity index (χ3n) is 5.76. The Morgan fingerprint density at radius 1 is 1.11 bits per heavy atom. The molecule has 0 N–H and O–H groups in total. The van der Waals surface area contributed by atoms with Crippen molar-refractivity contribution in [3.05, 3.63) is 77.0 Å². The van der Waals surface area contributed by atoms with E-state index in [1.807, 2.05) is 0 Å². The molecule has 0 saturated heterocycles. The van der Waals surface area contributed by atoms with Gasteiger partial charge >= 0.3 is 12.1 Å². The number of carbonyl (C=O) groups is 2. The molecule has 0 bridgehead atoms. The van der Waals surface area contributed by atoms with E-state index in [4.69, 9.17) is 14.2 Å². The van der Waals surface area contributed by atoms with Gasteiger partial charge in [-0.2, -0.15) is 18.3 Å². The summed E-state index contributed by atoms with van der Waals surface area (Å²) in [5.41, 5.74) is -0.585. The molecular formula is C25H23F3N2O5. The standard InChI is InChI=1S/C25H23F3N2O5/c1-30-23-21(22(29-30)25(26,27)28)17(14-34-24(32)15-7-4-3-5-8-15)12-19(35-23)13-20(31)16-9-6-10-18(11-16)33-2/h3-11,17,19H,12-14H2,1-2H3/t17-,19-/m0/s1. The number of fused-ring (bicyclic) bond motifs is 1.